The number of nitrogens with one attached hydrogen (secondary N) is 2. The van der Waals surface area contributed by atoms with Gasteiger partial charge in [0.1, 0.15) is 4.90 Å². The van der Waals surface area contributed by atoms with Crippen molar-refractivity contribution < 1.29 is 18.3 Å². The predicted molar refractivity (Wildman–Crippen MR) is 80.1 cm³/mol. The normalized spacial score (nSPS) is 16.5. The van der Waals surface area contributed by atoms with Gasteiger partial charge in [-0.2, -0.15) is 0 Å². The fraction of sp³-hybridized carbons (Fsp3) is 0.500. The minimum absolute atomic E-state index is 0.00500. The first-order valence-electron chi connectivity index (χ1n) is 6.99. The highest BCUT2D eigenvalue weighted by Gasteiger charge is 2.30. The van der Waals surface area contributed by atoms with Crippen LogP contribution in [0, 0.1) is 0 Å². The molecule has 1 aliphatic rings. The summed E-state index contributed by atoms with van der Waals surface area (Å²) in [6.45, 7) is 3.93. The third-order valence-electron chi connectivity index (χ3n) is 3.43. The van der Waals surface area contributed by atoms with Gasteiger partial charge >= 0.3 is 5.97 Å². The van der Waals surface area contributed by atoms with Crippen molar-refractivity contribution in [3.05, 3.63) is 23.8 Å². The first kappa shape index (κ1) is 15.8. The van der Waals surface area contributed by atoms with Crippen molar-refractivity contribution in [1.29, 1.82) is 0 Å². The zero-order chi connectivity index (χ0) is 15.6. The number of hydrogen-bond acceptors (Lipinski definition) is 4. The molecule has 0 heterocycles. The summed E-state index contributed by atoms with van der Waals surface area (Å²) in [5, 5.41) is 12.2. The van der Waals surface area contributed by atoms with E-state index in [1.165, 1.54) is 18.2 Å². The maximum atomic E-state index is 12.4. The van der Waals surface area contributed by atoms with E-state index >= 15 is 0 Å². The van der Waals surface area contributed by atoms with E-state index in [1.807, 2.05) is 13.8 Å². The summed E-state index contributed by atoms with van der Waals surface area (Å²) in [5.74, 6) is -1.15. The second-order valence-corrected chi connectivity index (χ2v) is 7.05. The summed E-state index contributed by atoms with van der Waals surface area (Å²) in [5.41, 5.74) is 0.392. The molecule has 3 N–H and O–H groups in total. The third-order valence-corrected chi connectivity index (χ3v) is 4.99. The van der Waals surface area contributed by atoms with Gasteiger partial charge < -0.3 is 10.4 Å². The molecule has 0 amide bonds. The van der Waals surface area contributed by atoms with Crippen LogP contribution in [-0.2, 0) is 10.0 Å². The fourth-order valence-electron chi connectivity index (χ4n) is 1.85. The molecule has 116 valence electrons. The van der Waals surface area contributed by atoms with Crippen LogP contribution in [-0.4, -0.2) is 31.6 Å². The number of carboxylic acids is 1. The van der Waals surface area contributed by atoms with Crippen LogP contribution in [0.1, 0.15) is 43.5 Å². The molecule has 0 spiro atoms. The lowest BCUT2D eigenvalue weighted by molar-refractivity contribution is 0.0696. The van der Waals surface area contributed by atoms with Crippen molar-refractivity contribution in [3.63, 3.8) is 0 Å². The van der Waals surface area contributed by atoms with Crippen molar-refractivity contribution in [2.45, 2.75) is 50.1 Å². The van der Waals surface area contributed by atoms with Crippen LogP contribution in [0.2, 0.25) is 0 Å². The predicted octanol–water partition coefficient (Wildman–Crippen LogP) is 2.04. The van der Waals surface area contributed by atoms with Crippen LogP contribution in [0.5, 0.6) is 0 Å². The van der Waals surface area contributed by atoms with Crippen molar-refractivity contribution in [2.24, 2.45) is 0 Å². The number of hydrogen-bond donors (Lipinski definition) is 3. The molecule has 1 saturated carbocycles. The Kier molecular flexibility index (Phi) is 4.53. The summed E-state index contributed by atoms with van der Waals surface area (Å²) < 4.78 is 27.4. The van der Waals surface area contributed by atoms with Crippen molar-refractivity contribution in [1.82, 2.24) is 4.72 Å². The van der Waals surface area contributed by atoms with E-state index in [4.69, 9.17) is 5.11 Å². The van der Waals surface area contributed by atoms with E-state index in [9.17, 15) is 13.2 Å². The summed E-state index contributed by atoms with van der Waals surface area (Å²) in [6.07, 6.45) is 2.48. The SMILES string of the molecule is CC[C@@H](C)Nc1ccc(C(=O)O)cc1S(=O)(=O)NC1CC1. The Morgan fingerprint density at radius 3 is 2.62 bits per heavy atom. The Balaban J connectivity index is 2.41. The molecule has 1 aromatic carbocycles. The molecule has 7 heteroatoms. The van der Waals surface area contributed by atoms with Gasteiger partial charge in [0.25, 0.3) is 0 Å². The van der Waals surface area contributed by atoms with Gasteiger partial charge in [-0.15, -0.1) is 0 Å². The Bertz CT molecular complexity index is 638. The molecule has 21 heavy (non-hydrogen) atoms. The summed E-state index contributed by atoms with van der Waals surface area (Å²) in [4.78, 5) is 11.1. The van der Waals surface area contributed by atoms with Crippen LogP contribution < -0.4 is 10.0 Å². The van der Waals surface area contributed by atoms with Crippen molar-refractivity contribution in [2.75, 3.05) is 5.32 Å². The third kappa shape index (κ3) is 3.95. The Morgan fingerprint density at radius 1 is 1.43 bits per heavy atom. The average Bonchev–Trinajstić information content (AvgIpc) is 3.21. The Hall–Kier alpha value is -1.60. The van der Waals surface area contributed by atoms with Gasteiger partial charge in [-0.05, 0) is 44.4 Å². The van der Waals surface area contributed by atoms with E-state index in [2.05, 4.69) is 10.0 Å². The van der Waals surface area contributed by atoms with Crippen LogP contribution in [0.25, 0.3) is 0 Å². The second kappa shape index (κ2) is 6.03. The molecule has 0 aromatic heterocycles. The molecule has 0 unspecified atom stereocenters. The standard InChI is InChI=1S/C14H20N2O4S/c1-3-9(2)15-12-7-4-10(14(17)18)8-13(12)21(19,20)16-11-5-6-11/h4,7-9,11,15-16H,3,5-6H2,1-2H3,(H,17,18)/t9-/m1/s1. The number of rotatable bonds is 7. The van der Waals surface area contributed by atoms with Gasteiger partial charge in [0, 0.05) is 12.1 Å². The second-order valence-electron chi connectivity index (χ2n) is 5.37. The van der Waals surface area contributed by atoms with Crippen LogP contribution in [0.15, 0.2) is 23.1 Å². The summed E-state index contributed by atoms with van der Waals surface area (Å²) >= 11 is 0. The van der Waals surface area contributed by atoms with Crippen LogP contribution >= 0.6 is 0 Å². The van der Waals surface area contributed by atoms with Gasteiger partial charge in [-0.3, -0.25) is 0 Å². The zero-order valence-electron chi connectivity index (χ0n) is 12.1. The lowest BCUT2D eigenvalue weighted by Gasteiger charge is -2.17. The van der Waals surface area contributed by atoms with Crippen LogP contribution in [0.4, 0.5) is 5.69 Å². The van der Waals surface area contributed by atoms with E-state index in [0.29, 0.717) is 5.69 Å². The zero-order valence-corrected chi connectivity index (χ0v) is 12.9. The molecule has 0 bridgehead atoms. The molecule has 0 aliphatic heterocycles. The smallest absolute Gasteiger partial charge is 0.335 e. The highest BCUT2D eigenvalue weighted by atomic mass is 32.2. The Labute approximate surface area is 124 Å². The number of sulfonamides is 1. The fourth-order valence-corrected chi connectivity index (χ4v) is 3.35. The van der Waals surface area contributed by atoms with Gasteiger partial charge in [-0.25, -0.2) is 17.9 Å². The van der Waals surface area contributed by atoms with Gasteiger partial charge in [-0.1, -0.05) is 6.92 Å². The first-order valence-corrected chi connectivity index (χ1v) is 8.48. The maximum absolute atomic E-state index is 12.4. The number of benzene rings is 1. The number of aromatic carboxylic acids is 1. The van der Waals surface area contributed by atoms with Gasteiger partial charge in [0.15, 0.2) is 0 Å². The quantitative estimate of drug-likeness (QED) is 0.716. The maximum Gasteiger partial charge on any atom is 0.335 e. The van der Waals surface area contributed by atoms with Crippen LogP contribution in [0.3, 0.4) is 0 Å². The minimum atomic E-state index is -3.71. The first-order chi connectivity index (χ1) is 9.83. The molecule has 2 rings (SSSR count). The number of anilines is 1. The Morgan fingerprint density at radius 2 is 2.10 bits per heavy atom. The highest BCUT2D eigenvalue weighted by molar-refractivity contribution is 7.89. The lowest BCUT2D eigenvalue weighted by Crippen LogP contribution is -2.27. The molecule has 0 saturated heterocycles. The highest BCUT2D eigenvalue weighted by Crippen LogP contribution is 2.27. The van der Waals surface area contributed by atoms with Crippen molar-refractivity contribution >= 4 is 21.7 Å². The molecule has 6 nitrogen and oxygen atoms in total. The molecule has 1 aromatic rings. The molecule has 1 fully saturated rings. The largest absolute Gasteiger partial charge is 0.478 e. The van der Waals surface area contributed by atoms with E-state index < -0.39 is 16.0 Å². The molecular weight excluding hydrogens is 292 g/mol. The average molecular weight is 312 g/mol. The van der Waals surface area contributed by atoms with Gasteiger partial charge in [0.05, 0.1) is 11.3 Å². The lowest BCUT2D eigenvalue weighted by atomic mass is 10.2. The summed E-state index contributed by atoms with van der Waals surface area (Å²) in [7, 11) is -3.71. The molecule has 1 aliphatic carbocycles. The molecular formula is C14H20N2O4S. The van der Waals surface area contributed by atoms with E-state index in [0.717, 1.165) is 19.3 Å². The van der Waals surface area contributed by atoms with E-state index in [-0.39, 0.29) is 22.5 Å². The molecule has 0 radical (unpaired) electrons. The van der Waals surface area contributed by atoms with Gasteiger partial charge in [0.2, 0.25) is 10.0 Å². The number of carboxylic acid groups (broad SMARTS) is 1. The number of carbonyl (C=O) groups is 1. The van der Waals surface area contributed by atoms with Crippen molar-refractivity contribution in [3.8, 4) is 0 Å². The summed E-state index contributed by atoms with van der Waals surface area (Å²) in [6, 6.07) is 4.19. The van der Waals surface area contributed by atoms with E-state index in [1.54, 1.807) is 0 Å². The minimum Gasteiger partial charge on any atom is -0.478 e. The topological polar surface area (TPSA) is 95.5 Å². The molecule has 1 atom stereocenters. The monoisotopic (exact) mass is 312 g/mol.